The third kappa shape index (κ3) is 6.30. The summed E-state index contributed by atoms with van der Waals surface area (Å²) in [6.45, 7) is -0.00284. The van der Waals surface area contributed by atoms with Gasteiger partial charge in [-0.3, -0.25) is 9.35 Å². The van der Waals surface area contributed by atoms with E-state index in [2.05, 4.69) is 25.3 Å². The van der Waals surface area contributed by atoms with Crippen LogP contribution in [0.15, 0.2) is 67.1 Å². The molecule has 0 aliphatic heterocycles. The van der Waals surface area contributed by atoms with E-state index in [0.717, 1.165) is 0 Å². The van der Waals surface area contributed by atoms with Crippen LogP contribution < -0.4 is 15.2 Å². The van der Waals surface area contributed by atoms with Gasteiger partial charge in [0.2, 0.25) is 11.9 Å². The van der Waals surface area contributed by atoms with Crippen molar-refractivity contribution in [2.24, 2.45) is 5.14 Å². The van der Waals surface area contributed by atoms with E-state index in [-0.39, 0.29) is 24.1 Å². The van der Waals surface area contributed by atoms with Gasteiger partial charge in [-0.2, -0.15) is 9.37 Å². The van der Waals surface area contributed by atoms with E-state index < -0.39 is 21.5 Å². The van der Waals surface area contributed by atoms with Crippen LogP contribution in [0.1, 0.15) is 11.1 Å². The van der Waals surface area contributed by atoms with E-state index >= 15 is 0 Å². The zero-order chi connectivity index (χ0) is 24.1. The molecule has 11 heteroatoms. The number of halogens is 2. The van der Waals surface area contributed by atoms with Gasteiger partial charge in [0.15, 0.2) is 5.82 Å². The first kappa shape index (κ1) is 23.2. The van der Waals surface area contributed by atoms with Crippen molar-refractivity contribution in [2.75, 3.05) is 11.6 Å². The molecule has 2 aromatic heterocycles. The van der Waals surface area contributed by atoms with E-state index in [1.165, 1.54) is 48.4 Å². The average Bonchev–Trinajstić information content (AvgIpc) is 2.77. The summed E-state index contributed by atoms with van der Waals surface area (Å²) in [5.74, 6) is -0.476. The van der Waals surface area contributed by atoms with Crippen LogP contribution in [0.5, 0.6) is 5.75 Å². The van der Waals surface area contributed by atoms with Gasteiger partial charge in [-0.05, 0) is 47.5 Å². The minimum Gasteiger partial charge on any atom is -0.488 e. The van der Waals surface area contributed by atoms with Crippen molar-refractivity contribution in [3.63, 3.8) is 0 Å². The van der Waals surface area contributed by atoms with Crippen LogP contribution in [0.3, 0.4) is 0 Å². The number of aromatic nitrogens is 4. The summed E-state index contributed by atoms with van der Waals surface area (Å²) in [5.41, 5.74) is 2.28. The standard InChI is InChI=1S/C23H20F2N6O2S/c1-34(26,32)13-16-3-2-4-18(9-16)30-23-29-14-28-22(31-23)19-6-5-17(24)11-20(19)33-12-15-7-8-27-21(25)10-15/h2-11,13-14H,12H2,1H3,(H2,26,32)(H,28,29,30,31). The molecule has 1 atom stereocenters. The highest BCUT2D eigenvalue weighted by Crippen LogP contribution is 2.29. The summed E-state index contributed by atoms with van der Waals surface area (Å²) in [5, 5.41) is 10.1. The Morgan fingerprint density at radius 3 is 2.74 bits per heavy atom. The van der Waals surface area contributed by atoms with Crippen LogP contribution in [0.25, 0.3) is 11.4 Å². The van der Waals surface area contributed by atoms with Gasteiger partial charge < -0.3 is 10.1 Å². The highest BCUT2D eigenvalue weighted by Gasteiger charge is 2.13. The summed E-state index contributed by atoms with van der Waals surface area (Å²) >= 11 is 0. The Hall–Kier alpha value is -3.96. The SMILES string of the molecule is CS(N)(=O)=Cc1cccc(Nc2ncnc(-c3ccc(F)cc3OCc3ccnc(F)c3)n2)c1. The lowest BCUT2D eigenvalue weighted by molar-refractivity contribution is 0.304. The Balaban J connectivity index is 1.59. The highest BCUT2D eigenvalue weighted by atomic mass is 32.2. The van der Waals surface area contributed by atoms with Gasteiger partial charge in [-0.25, -0.2) is 19.3 Å². The van der Waals surface area contributed by atoms with E-state index in [1.807, 2.05) is 0 Å². The summed E-state index contributed by atoms with van der Waals surface area (Å²) < 4.78 is 44.9. The van der Waals surface area contributed by atoms with Crippen molar-refractivity contribution in [3.05, 3.63) is 90.0 Å². The van der Waals surface area contributed by atoms with Crippen molar-refractivity contribution in [1.29, 1.82) is 0 Å². The van der Waals surface area contributed by atoms with Crippen molar-refractivity contribution in [3.8, 4) is 17.1 Å². The summed E-state index contributed by atoms with van der Waals surface area (Å²) in [6, 6.07) is 13.9. The average molecular weight is 483 g/mol. The lowest BCUT2D eigenvalue weighted by Crippen LogP contribution is -2.13. The minimum atomic E-state index is -2.56. The van der Waals surface area contributed by atoms with Crippen molar-refractivity contribution in [1.82, 2.24) is 19.9 Å². The monoisotopic (exact) mass is 482 g/mol. The molecule has 174 valence electrons. The van der Waals surface area contributed by atoms with Crippen LogP contribution in [-0.2, 0) is 16.3 Å². The number of benzene rings is 2. The predicted octanol–water partition coefficient (Wildman–Crippen LogP) is 3.47. The molecule has 0 spiro atoms. The maximum atomic E-state index is 13.9. The Labute approximate surface area is 195 Å². The van der Waals surface area contributed by atoms with E-state index in [4.69, 9.17) is 9.88 Å². The fraction of sp³-hybridized carbons (Fsp3) is 0.0870. The summed E-state index contributed by atoms with van der Waals surface area (Å²) in [4.78, 5) is 16.2. The minimum absolute atomic E-state index is 0.00284. The maximum Gasteiger partial charge on any atom is 0.230 e. The first-order valence-corrected chi connectivity index (χ1v) is 12.1. The Morgan fingerprint density at radius 1 is 1.09 bits per heavy atom. The van der Waals surface area contributed by atoms with Crippen LogP contribution in [-0.4, -0.2) is 35.8 Å². The second-order valence-corrected chi connectivity index (χ2v) is 9.55. The molecule has 0 bridgehead atoms. The molecule has 3 N–H and O–H groups in total. The third-order valence-corrected chi connectivity index (χ3v) is 5.19. The molecule has 2 heterocycles. The summed E-state index contributed by atoms with van der Waals surface area (Å²) in [6.07, 6.45) is 4.08. The number of hydrogen-bond donors (Lipinski definition) is 2. The van der Waals surface area contributed by atoms with Crippen molar-refractivity contribution >= 4 is 26.7 Å². The van der Waals surface area contributed by atoms with Crippen LogP contribution in [0, 0.1) is 11.8 Å². The second kappa shape index (κ2) is 9.89. The molecule has 0 saturated heterocycles. The zero-order valence-electron chi connectivity index (χ0n) is 18.0. The number of nitrogens with zero attached hydrogens (tertiary/aromatic N) is 4. The Morgan fingerprint density at radius 2 is 1.94 bits per heavy atom. The van der Waals surface area contributed by atoms with Crippen LogP contribution in [0.2, 0.25) is 0 Å². The van der Waals surface area contributed by atoms with E-state index in [1.54, 1.807) is 30.3 Å². The Bertz CT molecular complexity index is 1450. The van der Waals surface area contributed by atoms with Gasteiger partial charge in [-0.1, -0.05) is 12.1 Å². The second-order valence-electron chi connectivity index (χ2n) is 7.38. The predicted molar refractivity (Wildman–Crippen MR) is 127 cm³/mol. The quantitative estimate of drug-likeness (QED) is 0.306. The number of nitrogens with one attached hydrogen (secondary N) is 1. The lowest BCUT2D eigenvalue weighted by atomic mass is 10.2. The molecule has 0 saturated carbocycles. The fourth-order valence-electron chi connectivity index (χ4n) is 3.07. The van der Waals surface area contributed by atoms with Crippen molar-refractivity contribution in [2.45, 2.75) is 6.61 Å². The molecule has 0 aliphatic carbocycles. The number of pyridine rings is 1. The number of rotatable bonds is 7. The van der Waals surface area contributed by atoms with Gasteiger partial charge in [0.1, 0.15) is 24.5 Å². The van der Waals surface area contributed by atoms with Gasteiger partial charge in [-0.15, -0.1) is 0 Å². The van der Waals surface area contributed by atoms with Crippen LogP contribution >= 0.6 is 0 Å². The number of ether oxygens (including phenoxy) is 1. The molecule has 4 aromatic rings. The summed E-state index contributed by atoms with van der Waals surface area (Å²) in [7, 11) is -2.56. The smallest absolute Gasteiger partial charge is 0.230 e. The molecular formula is C23H20F2N6O2S. The van der Waals surface area contributed by atoms with Gasteiger partial charge in [0.05, 0.1) is 5.56 Å². The van der Waals surface area contributed by atoms with E-state index in [0.29, 0.717) is 22.4 Å². The highest BCUT2D eigenvalue weighted by molar-refractivity contribution is 7.98. The normalized spacial score (nSPS) is 12.6. The molecule has 1 unspecified atom stereocenters. The van der Waals surface area contributed by atoms with E-state index in [9.17, 15) is 13.0 Å². The molecular weight excluding hydrogens is 462 g/mol. The largest absolute Gasteiger partial charge is 0.488 e. The first-order chi connectivity index (χ1) is 16.2. The molecule has 0 aliphatic rings. The molecule has 0 amide bonds. The van der Waals surface area contributed by atoms with Crippen molar-refractivity contribution < 1.29 is 17.7 Å². The third-order valence-electron chi connectivity index (χ3n) is 4.45. The van der Waals surface area contributed by atoms with Gasteiger partial charge >= 0.3 is 0 Å². The zero-order valence-corrected chi connectivity index (χ0v) is 18.8. The molecule has 0 radical (unpaired) electrons. The number of hydrogen-bond acceptors (Lipinski definition) is 7. The number of anilines is 2. The lowest BCUT2D eigenvalue weighted by Gasteiger charge is -2.12. The fourth-order valence-corrected chi connectivity index (χ4v) is 3.76. The maximum absolute atomic E-state index is 13.9. The number of nitrogens with two attached hydrogens (primary N) is 1. The Kier molecular flexibility index (Phi) is 6.75. The van der Waals surface area contributed by atoms with Crippen LogP contribution in [0.4, 0.5) is 20.4 Å². The topological polar surface area (TPSA) is 116 Å². The molecule has 0 fully saturated rings. The molecule has 8 nitrogen and oxygen atoms in total. The first-order valence-electron chi connectivity index (χ1n) is 9.96. The molecule has 4 rings (SSSR count). The molecule has 34 heavy (non-hydrogen) atoms. The molecule has 2 aromatic carbocycles. The van der Waals surface area contributed by atoms with Gasteiger partial charge in [0, 0.05) is 39.3 Å². The van der Waals surface area contributed by atoms with Gasteiger partial charge in [0.25, 0.3) is 0 Å².